The zero-order valence-corrected chi connectivity index (χ0v) is 15.7. The van der Waals surface area contributed by atoms with Gasteiger partial charge < -0.3 is 19.7 Å². The van der Waals surface area contributed by atoms with E-state index in [4.69, 9.17) is 4.74 Å². The Hall–Kier alpha value is -2.83. The molecule has 7 heteroatoms. The molecule has 1 aliphatic heterocycles. The molecule has 1 amide bonds. The fourth-order valence-electron chi connectivity index (χ4n) is 3.49. The van der Waals surface area contributed by atoms with Crippen LogP contribution in [0.1, 0.15) is 42.3 Å². The number of carbonyl (C=O) groups is 2. The molecule has 0 saturated heterocycles. The summed E-state index contributed by atoms with van der Waals surface area (Å²) >= 11 is 0. The first-order valence-electron chi connectivity index (χ1n) is 9.25. The molecule has 1 atom stereocenters. The Morgan fingerprint density at radius 3 is 2.93 bits per heavy atom. The number of aryl methyl sites for hydroxylation is 2. The van der Waals surface area contributed by atoms with Gasteiger partial charge in [-0.05, 0) is 43.9 Å². The highest BCUT2D eigenvalue weighted by Gasteiger charge is 2.35. The molecule has 3 rings (SSSR count). The van der Waals surface area contributed by atoms with Crippen molar-refractivity contribution in [2.45, 2.75) is 52.1 Å². The van der Waals surface area contributed by atoms with Gasteiger partial charge in [0.05, 0.1) is 30.9 Å². The van der Waals surface area contributed by atoms with Crippen LogP contribution >= 0.6 is 0 Å². The predicted octanol–water partition coefficient (Wildman–Crippen LogP) is 2.48. The maximum atomic E-state index is 12.6. The van der Waals surface area contributed by atoms with Crippen LogP contribution < -0.4 is 4.74 Å². The summed E-state index contributed by atoms with van der Waals surface area (Å²) in [6, 6.07) is 5.20. The van der Waals surface area contributed by atoms with Crippen LogP contribution in [0, 0.1) is 6.92 Å². The third kappa shape index (κ3) is 4.30. The van der Waals surface area contributed by atoms with Crippen LogP contribution in [-0.4, -0.2) is 44.5 Å². The second kappa shape index (κ2) is 8.24. The Labute approximate surface area is 158 Å². The molecule has 0 spiro atoms. The second-order valence-corrected chi connectivity index (χ2v) is 6.79. The molecule has 2 aromatic rings. The highest BCUT2D eigenvalue weighted by atomic mass is 16.5. The van der Waals surface area contributed by atoms with Crippen molar-refractivity contribution in [2.24, 2.45) is 0 Å². The molecule has 1 aliphatic rings. The largest absolute Gasteiger partial charge is 0.494 e. The number of hydrogen-bond acceptors (Lipinski definition) is 4. The monoisotopic (exact) mass is 371 g/mol. The predicted molar refractivity (Wildman–Crippen MR) is 99.6 cm³/mol. The molecule has 1 aromatic carbocycles. The zero-order valence-electron chi connectivity index (χ0n) is 15.7. The normalized spacial score (nSPS) is 16.1. The third-order valence-corrected chi connectivity index (χ3v) is 4.90. The second-order valence-electron chi connectivity index (χ2n) is 6.79. The summed E-state index contributed by atoms with van der Waals surface area (Å²) in [5.41, 5.74) is 3.78. The van der Waals surface area contributed by atoms with Gasteiger partial charge in [-0.25, -0.2) is 9.78 Å². The number of aromatic nitrogens is 2. The van der Waals surface area contributed by atoms with Crippen LogP contribution in [0.15, 0.2) is 24.5 Å². The van der Waals surface area contributed by atoms with Gasteiger partial charge in [0, 0.05) is 12.8 Å². The molecule has 0 bridgehead atoms. The average molecular weight is 371 g/mol. The van der Waals surface area contributed by atoms with E-state index in [-0.39, 0.29) is 18.9 Å². The van der Waals surface area contributed by atoms with Gasteiger partial charge in [0.1, 0.15) is 11.8 Å². The van der Waals surface area contributed by atoms with Gasteiger partial charge in [0.15, 0.2) is 0 Å². The number of amides is 1. The Bertz CT molecular complexity index is 830. The Kier molecular flexibility index (Phi) is 5.78. The lowest BCUT2D eigenvalue weighted by Crippen LogP contribution is -2.48. The summed E-state index contributed by atoms with van der Waals surface area (Å²) < 4.78 is 5.55. The summed E-state index contributed by atoms with van der Waals surface area (Å²) in [7, 11) is 0. The number of hydrogen-bond donors (Lipinski definition) is 2. The van der Waals surface area contributed by atoms with Crippen molar-refractivity contribution in [3.8, 4) is 5.75 Å². The maximum Gasteiger partial charge on any atom is 0.326 e. The van der Waals surface area contributed by atoms with Crippen LogP contribution in [0.25, 0.3) is 0 Å². The summed E-state index contributed by atoms with van der Waals surface area (Å²) in [4.78, 5) is 32.8. The number of fused-ring (bicyclic) bond motifs is 1. The van der Waals surface area contributed by atoms with Crippen molar-refractivity contribution < 1.29 is 19.4 Å². The van der Waals surface area contributed by atoms with Crippen molar-refractivity contribution in [1.29, 1.82) is 0 Å². The van der Waals surface area contributed by atoms with Crippen molar-refractivity contribution in [2.75, 3.05) is 6.61 Å². The lowest BCUT2D eigenvalue weighted by atomic mass is 10.0. The molecule has 0 saturated carbocycles. The van der Waals surface area contributed by atoms with E-state index in [1.54, 1.807) is 6.33 Å². The minimum atomic E-state index is -0.987. The minimum absolute atomic E-state index is 0.134. The number of aromatic amines is 1. The average Bonchev–Trinajstić information content (AvgIpc) is 3.10. The number of aliphatic carboxylic acids is 1. The van der Waals surface area contributed by atoms with Gasteiger partial charge in [-0.15, -0.1) is 0 Å². The molecule has 0 fully saturated rings. The fourth-order valence-corrected chi connectivity index (χ4v) is 3.49. The van der Waals surface area contributed by atoms with E-state index >= 15 is 0 Å². The van der Waals surface area contributed by atoms with E-state index in [0.717, 1.165) is 34.7 Å². The summed E-state index contributed by atoms with van der Waals surface area (Å²) in [5.74, 6) is -0.241. The van der Waals surface area contributed by atoms with Gasteiger partial charge in [0.2, 0.25) is 5.91 Å². The molecular formula is C20H25N3O4. The molecule has 0 aliphatic carbocycles. The number of carboxylic acid groups (broad SMARTS) is 1. The molecule has 144 valence electrons. The van der Waals surface area contributed by atoms with E-state index in [0.29, 0.717) is 19.4 Å². The van der Waals surface area contributed by atoms with Crippen molar-refractivity contribution in [3.63, 3.8) is 0 Å². The molecule has 7 nitrogen and oxygen atoms in total. The van der Waals surface area contributed by atoms with Gasteiger partial charge >= 0.3 is 5.97 Å². The van der Waals surface area contributed by atoms with E-state index in [2.05, 4.69) is 16.0 Å². The first-order valence-corrected chi connectivity index (χ1v) is 9.25. The molecule has 2 heterocycles. The molecular weight excluding hydrogens is 346 g/mol. The SMILES string of the molecule is CCOc1ccc(CCCC(=O)N2Cc3[nH]cnc3CC2C(=O)O)cc1C. The number of ether oxygens (including phenoxy) is 1. The van der Waals surface area contributed by atoms with Gasteiger partial charge in [0.25, 0.3) is 0 Å². The van der Waals surface area contributed by atoms with Crippen molar-refractivity contribution in [1.82, 2.24) is 14.9 Å². The highest BCUT2D eigenvalue weighted by molar-refractivity contribution is 5.84. The quantitative estimate of drug-likeness (QED) is 0.780. The highest BCUT2D eigenvalue weighted by Crippen LogP contribution is 2.23. The topological polar surface area (TPSA) is 95.5 Å². The number of rotatable bonds is 7. The lowest BCUT2D eigenvalue weighted by molar-refractivity contribution is -0.151. The maximum absolute atomic E-state index is 12.6. The Morgan fingerprint density at radius 1 is 1.41 bits per heavy atom. The van der Waals surface area contributed by atoms with E-state index in [1.807, 2.05) is 26.0 Å². The third-order valence-electron chi connectivity index (χ3n) is 4.90. The first-order chi connectivity index (χ1) is 13.0. The van der Waals surface area contributed by atoms with Crippen LogP contribution in [0.2, 0.25) is 0 Å². The van der Waals surface area contributed by atoms with E-state index in [9.17, 15) is 14.7 Å². The van der Waals surface area contributed by atoms with Gasteiger partial charge in [-0.2, -0.15) is 0 Å². The number of carbonyl (C=O) groups excluding carboxylic acids is 1. The van der Waals surface area contributed by atoms with Crippen molar-refractivity contribution in [3.05, 3.63) is 47.0 Å². The Balaban J connectivity index is 1.58. The minimum Gasteiger partial charge on any atom is -0.494 e. The zero-order chi connectivity index (χ0) is 19.4. The van der Waals surface area contributed by atoms with Crippen LogP contribution in [0.5, 0.6) is 5.75 Å². The van der Waals surface area contributed by atoms with Gasteiger partial charge in [-0.1, -0.05) is 12.1 Å². The number of H-pyrrole nitrogens is 1. The number of nitrogens with zero attached hydrogens (tertiary/aromatic N) is 2. The van der Waals surface area contributed by atoms with Crippen LogP contribution in [0.3, 0.4) is 0 Å². The van der Waals surface area contributed by atoms with Crippen molar-refractivity contribution >= 4 is 11.9 Å². The first kappa shape index (κ1) is 18.9. The van der Waals surface area contributed by atoms with E-state index in [1.165, 1.54) is 4.90 Å². The molecule has 1 unspecified atom stereocenters. The standard InChI is InChI=1S/C20H25N3O4/c1-3-27-18-8-7-14(9-13(18)2)5-4-6-19(24)23-11-16-15(21-12-22-16)10-17(23)20(25)26/h7-9,12,17H,3-6,10-11H2,1-2H3,(H,21,22)(H,25,26). The van der Waals surface area contributed by atoms with Crippen LogP contribution in [0.4, 0.5) is 0 Å². The smallest absolute Gasteiger partial charge is 0.326 e. The summed E-state index contributed by atoms with van der Waals surface area (Å²) in [5, 5.41) is 9.48. The molecule has 27 heavy (non-hydrogen) atoms. The van der Waals surface area contributed by atoms with E-state index < -0.39 is 12.0 Å². The molecule has 1 aromatic heterocycles. The lowest BCUT2D eigenvalue weighted by Gasteiger charge is -2.32. The number of imidazole rings is 1. The summed E-state index contributed by atoms with van der Waals surface area (Å²) in [6.45, 7) is 4.86. The van der Waals surface area contributed by atoms with Crippen LogP contribution in [-0.2, 0) is 29.0 Å². The molecule has 0 radical (unpaired) electrons. The molecule has 2 N–H and O–H groups in total. The number of benzene rings is 1. The Morgan fingerprint density at radius 2 is 2.22 bits per heavy atom. The summed E-state index contributed by atoms with van der Waals surface area (Å²) in [6.07, 6.45) is 3.55. The number of nitrogens with one attached hydrogen (secondary N) is 1. The fraction of sp³-hybridized carbons (Fsp3) is 0.450. The van der Waals surface area contributed by atoms with Gasteiger partial charge in [-0.3, -0.25) is 4.79 Å². The number of carboxylic acids is 1.